The molecule has 136 valence electrons. The van der Waals surface area contributed by atoms with Crippen molar-refractivity contribution in [2.75, 3.05) is 18.7 Å². The van der Waals surface area contributed by atoms with Crippen LogP contribution in [0.3, 0.4) is 0 Å². The highest BCUT2D eigenvalue weighted by molar-refractivity contribution is 7.90. The molecule has 1 aromatic carbocycles. The van der Waals surface area contributed by atoms with Crippen molar-refractivity contribution in [1.82, 2.24) is 14.8 Å². The Hall–Kier alpha value is -2.85. The first-order valence-corrected chi connectivity index (χ1v) is 9.40. The zero-order valence-electron chi connectivity index (χ0n) is 13.6. The van der Waals surface area contributed by atoms with E-state index in [4.69, 9.17) is 21.4 Å². The normalized spacial score (nSPS) is 11.5. The molecule has 2 aromatic heterocycles. The number of aromatic nitrogens is 3. The Bertz CT molecular complexity index is 1130. The number of halogens is 1. The number of benzene rings is 1. The zero-order chi connectivity index (χ0) is 19.1. The molecule has 0 aliphatic heterocycles. The van der Waals surface area contributed by atoms with Gasteiger partial charge in [-0.15, -0.1) is 5.10 Å². The molecule has 0 saturated carbocycles. The van der Waals surface area contributed by atoms with E-state index in [1.54, 1.807) is 0 Å². The van der Waals surface area contributed by atoms with Gasteiger partial charge >= 0.3 is 6.09 Å². The minimum atomic E-state index is -3.48. The Kier molecular flexibility index (Phi) is 4.46. The molecule has 1 amide bonds. The van der Waals surface area contributed by atoms with Crippen LogP contribution in [-0.2, 0) is 9.84 Å². The molecular weight excluding hydrogens is 384 g/mol. The van der Waals surface area contributed by atoms with Crippen LogP contribution in [0, 0.1) is 0 Å². The number of ether oxygens (including phenoxy) is 1. The molecule has 0 aliphatic rings. The van der Waals surface area contributed by atoms with Crippen molar-refractivity contribution >= 4 is 44.3 Å². The molecule has 0 spiro atoms. The van der Waals surface area contributed by atoms with Crippen LogP contribution in [-0.4, -0.2) is 47.7 Å². The second-order valence-electron chi connectivity index (χ2n) is 5.32. The highest BCUT2D eigenvalue weighted by Crippen LogP contribution is 2.32. The van der Waals surface area contributed by atoms with Crippen LogP contribution in [0.15, 0.2) is 35.4 Å². The fourth-order valence-corrected chi connectivity index (χ4v) is 3.22. The Morgan fingerprint density at radius 3 is 2.69 bits per heavy atom. The largest absolute Gasteiger partial charge is 0.494 e. The molecule has 0 atom stereocenters. The first-order valence-electron chi connectivity index (χ1n) is 7.13. The number of hydrogen-bond donors (Lipinski definition) is 2. The van der Waals surface area contributed by atoms with Crippen molar-refractivity contribution in [3.63, 3.8) is 0 Å². The molecule has 0 aliphatic carbocycles. The first-order chi connectivity index (χ1) is 12.2. The van der Waals surface area contributed by atoms with Crippen LogP contribution >= 0.6 is 11.6 Å². The predicted octanol–water partition coefficient (Wildman–Crippen LogP) is 2.58. The topological polar surface area (TPSA) is 123 Å². The highest BCUT2D eigenvalue weighted by atomic mass is 35.5. The Morgan fingerprint density at radius 1 is 1.35 bits per heavy atom. The quantitative estimate of drug-likeness (QED) is 0.649. The first kappa shape index (κ1) is 18.0. The lowest BCUT2D eigenvalue weighted by Gasteiger charge is -2.11. The third-order valence-electron chi connectivity index (χ3n) is 3.56. The smallest absolute Gasteiger partial charge is 0.410 e. The molecule has 0 saturated heterocycles. The lowest BCUT2D eigenvalue weighted by atomic mass is 10.2. The second kappa shape index (κ2) is 6.46. The molecule has 2 N–H and O–H groups in total. The number of sulfone groups is 1. The lowest BCUT2D eigenvalue weighted by Crippen LogP contribution is -2.09. The summed E-state index contributed by atoms with van der Waals surface area (Å²) in [7, 11) is -2.05. The van der Waals surface area contributed by atoms with Crippen LogP contribution in [0.25, 0.3) is 16.6 Å². The van der Waals surface area contributed by atoms with E-state index in [1.165, 1.54) is 42.3 Å². The summed E-state index contributed by atoms with van der Waals surface area (Å²) in [5.41, 5.74) is 0.735. The monoisotopic (exact) mass is 396 g/mol. The number of hydrogen-bond acceptors (Lipinski definition) is 6. The number of amides is 1. The maximum absolute atomic E-state index is 11.9. The van der Waals surface area contributed by atoms with Crippen molar-refractivity contribution in [2.24, 2.45) is 0 Å². The van der Waals surface area contributed by atoms with Gasteiger partial charge in [-0.05, 0) is 18.2 Å². The molecule has 3 aromatic rings. The van der Waals surface area contributed by atoms with Crippen LogP contribution in [0.1, 0.15) is 0 Å². The van der Waals surface area contributed by atoms with Crippen molar-refractivity contribution in [1.29, 1.82) is 0 Å². The minimum absolute atomic E-state index is 0.0310. The maximum atomic E-state index is 11.9. The second-order valence-corrected chi connectivity index (χ2v) is 7.72. The van der Waals surface area contributed by atoms with Crippen LogP contribution in [0.2, 0.25) is 5.15 Å². The van der Waals surface area contributed by atoms with Crippen molar-refractivity contribution < 1.29 is 23.1 Å². The number of anilines is 1. The predicted molar refractivity (Wildman–Crippen MR) is 95.2 cm³/mol. The minimum Gasteiger partial charge on any atom is -0.494 e. The summed E-state index contributed by atoms with van der Waals surface area (Å²) < 4.78 is 30.4. The van der Waals surface area contributed by atoms with Gasteiger partial charge in [-0.1, -0.05) is 11.6 Å². The number of fused-ring (bicyclic) bond motifs is 1. The fraction of sp³-hybridized carbons (Fsp3) is 0.133. The van der Waals surface area contributed by atoms with Gasteiger partial charge in [-0.25, -0.2) is 22.9 Å². The van der Waals surface area contributed by atoms with E-state index < -0.39 is 15.9 Å². The molecule has 0 bridgehead atoms. The number of methoxy groups -OCH3 is 1. The van der Waals surface area contributed by atoms with Gasteiger partial charge in [0.05, 0.1) is 22.9 Å². The van der Waals surface area contributed by atoms with Gasteiger partial charge in [0.1, 0.15) is 16.6 Å². The third kappa shape index (κ3) is 3.28. The SMILES string of the molecule is COc1ccc(S(C)(=O)=O)cc1-n1nc(NC(=O)O)c2cnc(Cl)cc21. The van der Waals surface area contributed by atoms with E-state index >= 15 is 0 Å². The Balaban J connectivity index is 2.34. The number of carbonyl (C=O) groups is 1. The summed E-state index contributed by atoms with van der Waals surface area (Å²) in [4.78, 5) is 15.0. The number of pyridine rings is 1. The molecule has 11 heteroatoms. The fourth-order valence-electron chi connectivity index (χ4n) is 2.43. The van der Waals surface area contributed by atoms with Gasteiger partial charge in [0.2, 0.25) is 0 Å². The van der Waals surface area contributed by atoms with Crippen molar-refractivity contribution in [3.8, 4) is 11.4 Å². The van der Waals surface area contributed by atoms with E-state index in [9.17, 15) is 13.2 Å². The van der Waals surface area contributed by atoms with Crippen molar-refractivity contribution in [2.45, 2.75) is 4.90 Å². The van der Waals surface area contributed by atoms with Crippen LogP contribution in [0.4, 0.5) is 10.6 Å². The van der Waals surface area contributed by atoms with Gasteiger partial charge in [0.25, 0.3) is 0 Å². The number of carboxylic acid groups (broad SMARTS) is 1. The average Bonchev–Trinajstić information content (AvgIpc) is 2.90. The lowest BCUT2D eigenvalue weighted by molar-refractivity contribution is 0.209. The summed E-state index contributed by atoms with van der Waals surface area (Å²) >= 11 is 5.95. The Morgan fingerprint density at radius 2 is 2.08 bits per heavy atom. The molecule has 2 heterocycles. The van der Waals surface area contributed by atoms with E-state index in [0.29, 0.717) is 22.3 Å². The maximum Gasteiger partial charge on any atom is 0.410 e. The summed E-state index contributed by atoms with van der Waals surface area (Å²) in [5.74, 6) is 0.375. The number of rotatable bonds is 4. The van der Waals surface area contributed by atoms with E-state index in [1.807, 2.05) is 0 Å². The average molecular weight is 397 g/mol. The third-order valence-corrected chi connectivity index (χ3v) is 4.88. The molecule has 26 heavy (non-hydrogen) atoms. The molecule has 0 unspecified atom stereocenters. The molecule has 0 fully saturated rings. The summed E-state index contributed by atoms with van der Waals surface area (Å²) in [5, 5.41) is 16.0. The zero-order valence-corrected chi connectivity index (χ0v) is 15.2. The van der Waals surface area contributed by atoms with Gasteiger partial charge < -0.3 is 9.84 Å². The van der Waals surface area contributed by atoms with Crippen LogP contribution in [0.5, 0.6) is 5.75 Å². The van der Waals surface area contributed by atoms with Gasteiger partial charge in [-0.3, -0.25) is 5.32 Å². The van der Waals surface area contributed by atoms with Gasteiger partial charge in [0.15, 0.2) is 15.7 Å². The highest BCUT2D eigenvalue weighted by Gasteiger charge is 2.19. The van der Waals surface area contributed by atoms with Crippen LogP contribution < -0.4 is 10.1 Å². The summed E-state index contributed by atoms with van der Waals surface area (Å²) in [6.45, 7) is 0. The molecular formula is C15H13ClN4O5S. The van der Waals surface area contributed by atoms with Gasteiger partial charge in [-0.2, -0.15) is 0 Å². The summed E-state index contributed by atoms with van der Waals surface area (Å²) in [6, 6.07) is 5.78. The molecule has 9 nitrogen and oxygen atoms in total. The standard InChI is InChI=1S/C15H13ClN4O5S/c1-25-12-4-3-8(26(2,23)24)5-11(12)20-10-6-13(16)17-7-9(10)14(19-20)18-15(21)22/h3-7H,1-2H3,(H,18,19)(H,21,22). The van der Waals surface area contributed by atoms with E-state index in [-0.39, 0.29) is 15.9 Å². The van der Waals surface area contributed by atoms with E-state index in [2.05, 4.69) is 15.4 Å². The molecule has 3 rings (SSSR count). The summed E-state index contributed by atoms with van der Waals surface area (Å²) in [6.07, 6.45) is 1.15. The van der Waals surface area contributed by atoms with Gasteiger partial charge in [0, 0.05) is 18.5 Å². The van der Waals surface area contributed by atoms with Crippen molar-refractivity contribution in [3.05, 3.63) is 35.6 Å². The number of nitrogens with zero attached hydrogens (tertiary/aromatic N) is 3. The Labute approximate surface area is 153 Å². The number of nitrogens with one attached hydrogen (secondary N) is 1. The van der Waals surface area contributed by atoms with E-state index in [0.717, 1.165) is 6.26 Å². The molecule has 0 radical (unpaired) electrons.